The summed E-state index contributed by atoms with van der Waals surface area (Å²) in [6, 6.07) is -0.277. The van der Waals surface area contributed by atoms with Gasteiger partial charge in [0.2, 0.25) is 0 Å². The van der Waals surface area contributed by atoms with Gasteiger partial charge in [0.25, 0.3) is 0 Å². The number of carbonyl (C=O) groups excluding carboxylic acids is 1. The van der Waals surface area contributed by atoms with Crippen LogP contribution in [0.4, 0.5) is 4.79 Å². The lowest BCUT2D eigenvalue weighted by atomic mass is 9.79. The van der Waals surface area contributed by atoms with Crippen LogP contribution in [0.5, 0.6) is 0 Å². The maximum Gasteiger partial charge on any atom is 0.315 e. The van der Waals surface area contributed by atoms with Crippen LogP contribution in [0.1, 0.15) is 51.9 Å². The molecule has 3 N–H and O–H groups in total. The van der Waals surface area contributed by atoms with Crippen LogP contribution in [0.2, 0.25) is 0 Å². The molecule has 5 heteroatoms. The summed E-state index contributed by atoms with van der Waals surface area (Å²) >= 11 is 0. The second kappa shape index (κ2) is 7.16. The molecule has 0 radical (unpaired) electrons. The van der Waals surface area contributed by atoms with Gasteiger partial charge >= 0.3 is 12.0 Å². The first-order valence-corrected chi connectivity index (χ1v) is 6.89. The number of hydrogen-bond acceptors (Lipinski definition) is 2. The maximum absolute atomic E-state index is 11.9. The van der Waals surface area contributed by atoms with Gasteiger partial charge in [-0.05, 0) is 26.2 Å². The van der Waals surface area contributed by atoms with E-state index in [9.17, 15) is 9.59 Å². The second-order valence-electron chi connectivity index (χ2n) is 5.44. The third kappa shape index (κ3) is 5.32. The predicted octanol–water partition coefficient (Wildman–Crippen LogP) is 2.43. The van der Waals surface area contributed by atoms with Crippen molar-refractivity contribution in [2.24, 2.45) is 0 Å². The molecule has 0 bridgehead atoms. The van der Waals surface area contributed by atoms with E-state index in [-0.39, 0.29) is 18.5 Å². The van der Waals surface area contributed by atoms with Crippen LogP contribution in [-0.4, -0.2) is 28.7 Å². The molecule has 108 valence electrons. The summed E-state index contributed by atoms with van der Waals surface area (Å²) in [5.74, 6) is -0.860. The number of carboxylic acid groups (broad SMARTS) is 1. The van der Waals surface area contributed by atoms with Gasteiger partial charge in [-0.2, -0.15) is 0 Å². The highest BCUT2D eigenvalue weighted by molar-refractivity contribution is 5.77. The van der Waals surface area contributed by atoms with Crippen molar-refractivity contribution in [3.05, 3.63) is 12.7 Å². The summed E-state index contributed by atoms with van der Waals surface area (Å²) in [7, 11) is 0. The maximum atomic E-state index is 11.9. The molecule has 1 rings (SSSR count). The summed E-state index contributed by atoms with van der Waals surface area (Å²) in [5.41, 5.74) is -0.581. The van der Waals surface area contributed by atoms with Crippen LogP contribution in [0.25, 0.3) is 0 Å². The Morgan fingerprint density at radius 3 is 2.53 bits per heavy atom. The lowest BCUT2D eigenvalue weighted by Crippen LogP contribution is -2.55. The van der Waals surface area contributed by atoms with E-state index in [0.29, 0.717) is 6.42 Å². The fraction of sp³-hybridized carbons (Fsp3) is 0.714. The molecule has 1 saturated carbocycles. The van der Waals surface area contributed by atoms with E-state index in [1.54, 1.807) is 6.08 Å². The zero-order valence-electron chi connectivity index (χ0n) is 11.6. The van der Waals surface area contributed by atoms with Crippen molar-refractivity contribution in [1.29, 1.82) is 0 Å². The Hall–Kier alpha value is -1.52. The number of amides is 2. The normalized spacial score (nSPS) is 19.2. The molecular formula is C14H24N2O3. The smallest absolute Gasteiger partial charge is 0.315 e. The van der Waals surface area contributed by atoms with Crippen LogP contribution >= 0.6 is 0 Å². The molecule has 19 heavy (non-hydrogen) atoms. The van der Waals surface area contributed by atoms with Gasteiger partial charge in [0.1, 0.15) is 0 Å². The third-order valence-electron chi connectivity index (χ3n) is 3.58. The van der Waals surface area contributed by atoms with Crippen molar-refractivity contribution in [2.45, 2.75) is 63.5 Å². The van der Waals surface area contributed by atoms with Gasteiger partial charge in [-0.15, -0.1) is 6.58 Å². The van der Waals surface area contributed by atoms with Crippen molar-refractivity contribution in [1.82, 2.24) is 10.6 Å². The standard InChI is InChI=1S/C14H24N2O3/c1-3-7-11(2)15-13(19)16-14(10-12(17)18)8-5-4-6-9-14/h3,11H,1,4-10H2,2H3,(H,17,18)(H2,15,16,19). The van der Waals surface area contributed by atoms with Crippen LogP contribution in [-0.2, 0) is 4.79 Å². The zero-order chi connectivity index (χ0) is 14.3. The summed E-state index contributed by atoms with van der Waals surface area (Å²) in [4.78, 5) is 22.9. The van der Waals surface area contributed by atoms with Crippen LogP contribution in [0.15, 0.2) is 12.7 Å². The summed E-state index contributed by atoms with van der Waals surface area (Å²) < 4.78 is 0. The fourth-order valence-electron chi connectivity index (χ4n) is 2.67. The summed E-state index contributed by atoms with van der Waals surface area (Å²) in [6.07, 6.45) is 6.96. The molecule has 1 aliphatic rings. The van der Waals surface area contributed by atoms with Gasteiger partial charge in [-0.1, -0.05) is 25.3 Å². The first-order valence-electron chi connectivity index (χ1n) is 6.89. The minimum absolute atomic E-state index is 0.00275. The van der Waals surface area contributed by atoms with Crippen molar-refractivity contribution in [3.8, 4) is 0 Å². The van der Waals surface area contributed by atoms with E-state index in [2.05, 4.69) is 17.2 Å². The van der Waals surface area contributed by atoms with Crippen molar-refractivity contribution in [3.63, 3.8) is 0 Å². The number of carbonyl (C=O) groups is 2. The Morgan fingerprint density at radius 2 is 2.00 bits per heavy atom. The SMILES string of the molecule is C=CCC(C)NC(=O)NC1(CC(=O)O)CCCCC1. The average molecular weight is 268 g/mol. The Kier molecular flexibility index (Phi) is 5.86. The molecule has 1 aliphatic carbocycles. The first kappa shape index (κ1) is 15.5. The number of rotatable bonds is 6. The highest BCUT2D eigenvalue weighted by atomic mass is 16.4. The van der Waals surface area contributed by atoms with Gasteiger partial charge in [0.15, 0.2) is 0 Å². The molecule has 0 heterocycles. The lowest BCUT2D eigenvalue weighted by Gasteiger charge is -2.37. The molecule has 2 amide bonds. The number of urea groups is 1. The van der Waals surface area contributed by atoms with Gasteiger partial charge < -0.3 is 15.7 Å². The summed E-state index contributed by atoms with van der Waals surface area (Å²) in [5, 5.41) is 14.7. The molecule has 5 nitrogen and oxygen atoms in total. The van der Waals surface area contributed by atoms with E-state index in [0.717, 1.165) is 32.1 Å². The van der Waals surface area contributed by atoms with Gasteiger partial charge in [-0.25, -0.2) is 4.79 Å². The quantitative estimate of drug-likeness (QED) is 0.647. The molecule has 0 spiro atoms. The van der Waals surface area contributed by atoms with E-state index in [1.165, 1.54) is 0 Å². The molecule has 1 unspecified atom stereocenters. The topological polar surface area (TPSA) is 78.4 Å². The molecule has 0 aromatic rings. The van der Waals surface area contributed by atoms with E-state index in [1.807, 2.05) is 6.92 Å². The Labute approximate surface area is 114 Å². The molecule has 0 saturated heterocycles. The Balaban J connectivity index is 2.58. The number of carboxylic acids is 1. The third-order valence-corrected chi connectivity index (χ3v) is 3.58. The molecule has 1 atom stereocenters. The minimum Gasteiger partial charge on any atom is -0.481 e. The summed E-state index contributed by atoms with van der Waals surface area (Å²) in [6.45, 7) is 5.52. The second-order valence-corrected chi connectivity index (χ2v) is 5.44. The molecular weight excluding hydrogens is 244 g/mol. The molecule has 0 aromatic heterocycles. The van der Waals surface area contributed by atoms with Gasteiger partial charge in [-0.3, -0.25) is 4.79 Å². The van der Waals surface area contributed by atoms with Crippen molar-refractivity contribution >= 4 is 12.0 Å². The number of aliphatic carboxylic acids is 1. The predicted molar refractivity (Wildman–Crippen MR) is 74.0 cm³/mol. The van der Waals surface area contributed by atoms with Crippen LogP contribution in [0.3, 0.4) is 0 Å². The van der Waals surface area contributed by atoms with E-state index >= 15 is 0 Å². The lowest BCUT2D eigenvalue weighted by molar-refractivity contribution is -0.139. The molecule has 1 fully saturated rings. The Morgan fingerprint density at radius 1 is 1.37 bits per heavy atom. The number of nitrogens with one attached hydrogen (secondary N) is 2. The van der Waals surface area contributed by atoms with Gasteiger partial charge in [0, 0.05) is 6.04 Å². The minimum atomic E-state index is -0.860. The first-order chi connectivity index (χ1) is 8.97. The van der Waals surface area contributed by atoms with Crippen molar-refractivity contribution < 1.29 is 14.7 Å². The van der Waals surface area contributed by atoms with Crippen LogP contribution in [0, 0.1) is 0 Å². The highest BCUT2D eigenvalue weighted by Crippen LogP contribution is 2.31. The Bertz CT molecular complexity index is 336. The largest absolute Gasteiger partial charge is 0.481 e. The number of hydrogen-bond donors (Lipinski definition) is 3. The monoisotopic (exact) mass is 268 g/mol. The average Bonchev–Trinajstić information content (AvgIpc) is 2.28. The highest BCUT2D eigenvalue weighted by Gasteiger charge is 2.35. The van der Waals surface area contributed by atoms with Crippen molar-refractivity contribution in [2.75, 3.05) is 0 Å². The van der Waals surface area contributed by atoms with Crippen LogP contribution < -0.4 is 10.6 Å². The zero-order valence-corrected chi connectivity index (χ0v) is 11.6. The molecule has 0 aliphatic heterocycles. The fourth-order valence-corrected chi connectivity index (χ4v) is 2.67. The van der Waals surface area contributed by atoms with E-state index in [4.69, 9.17) is 5.11 Å². The molecule has 0 aromatic carbocycles. The van der Waals surface area contributed by atoms with E-state index < -0.39 is 11.5 Å². The van der Waals surface area contributed by atoms with Gasteiger partial charge in [0.05, 0.1) is 12.0 Å².